The van der Waals surface area contributed by atoms with Crippen molar-refractivity contribution < 1.29 is 14.3 Å². The topological polar surface area (TPSA) is 84.7 Å². The van der Waals surface area contributed by atoms with Crippen LogP contribution >= 0.6 is 0 Å². The summed E-state index contributed by atoms with van der Waals surface area (Å²) < 4.78 is 5.42. The van der Waals surface area contributed by atoms with Crippen molar-refractivity contribution in [1.29, 1.82) is 0 Å². The lowest BCUT2D eigenvalue weighted by Crippen LogP contribution is -2.28. The second-order valence-corrected chi connectivity index (χ2v) is 6.54. The fourth-order valence-electron chi connectivity index (χ4n) is 3.24. The third-order valence-electron chi connectivity index (χ3n) is 4.67. The third kappa shape index (κ3) is 4.46. The van der Waals surface area contributed by atoms with E-state index in [2.05, 4.69) is 12.2 Å². The standard InChI is InChI=1S/C21H25N3O3/c1-2-15-5-3-4-6-19(15)24-14-16(13-20(24)25)21(26)23-17-7-9-18(10-8-17)27-12-11-22/h3-10,16H,2,11-14,22H2,1H3,(H,23,26). The normalized spacial score (nSPS) is 16.4. The summed E-state index contributed by atoms with van der Waals surface area (Å²) in [5.41, 5.74) is 8.11. The van der Waals surface area contributed by atoms with Gasteiger partial charge in [0, 0.05) is 30.9 Å². The van der Waals surface area contributed by atoms with Gasteiger partial charge in [0.1, 0.15) is 12.4 Å². The number of benzene rings is 2. The van der Waals surface area contributed by atoms with Crippen LogP contribution in [0.3, 0.4) is 0 Å². The molecule has 2 aromatic rings. The Morgan fingerprint density at radius 2 is 1.96 bits per heavy atom. The van der Waals surface area contributed by atoms with Crippen molar-refractivity contribution in [3.63, 3.8) is 0 Å². The Morgan fingerprint density at radius 1 is 1.22 bits per heavy atom. The molecular weight excluding hydrogens is 342 g/mol. The lowest BCUT2D eigenvalue weighted by Gasteiger charge is -2.20. The summed E-state index contributed by atoms with van der Waals surface area (Å²) in [6, 6.07) is 15.0. The molecule has 6 heteroatoms. The van der Waals surface area contributed by atoms with Crippen molar-refractivity contribution >= 4 is 23.2 Å². The SMILES string of the molecule is CCc1ccccc1N1CC(C(=O)Nc2ccc(OCCN)cc2)CC1=O. The predicted molar refractivity (Wildman–Crippen MR) is 106 cm³/mol. The molecule has 1 atom stereocenters. The highest BCUT2D eigenvalue weighted by Crippen LogP contribution is 2.29. The molecule has 2 amide bonds. The van der Waals surface area contributed by atoms with E-state index in [0.717, 1.165) is 17.7 Å². The molecule has 2 aromatic carbocycles. The van der Waals surface area contributed by atoms with E-state index in [9.17, 15) is 9.59 Å². The lowest BCUT2D eigenvalue weighted by molar-refractivity contribution is -0.122. The number of hydrogen-bond donors (Lipinski definition) is 2. The first-order valence-corrected chi connectivity index (χ1v) is 9.24. The van der Waals surface area contributed by atoms with E-state index in [1.54, 1.807) is 29.2 Å². The van der Waals surface area contributed by atoms with Gasteiger partial charge >= 0.3 is 0 Å². The highest BCUT2D eigenvalue weighted by Gasteiger charge is 2.35. The largest absolute Gasteiger partial charge is 0.492 e. The van der Waals surface area contributed by atoms with Gasteiger partial charge in [-0.2, -0.15) is 0 Å². The Hall–Kier alpha value is -2.86. The molecule has 1 heterocycles. The maximum atomic E-state index is 12.6. The second kappa shape index (κ2) is 8.68. The van der Waals surface area contributed by atoms with Gasteiger partial charge in [0.25, 0.3) is 0 Å². The van der Waals surface area contributed by atoms with Crippen molar-refractivity contribution in [2.45, 2.75) is 19.8 Å². The number of nitrogens with zero attached hydrogens (tertiary/aromatic N) is 1. The van der Waals surface area contributed by atoms with Gasteiger partial charge in [0.05, 0.1) is 5.92 Å². The van der Waals surface area contributed by atoms with Crippen LogP contribution in [0, 0.1) is 5.92 Å². The van der Waals surface area contributed by atoms with Gasteiger partial charge in [-0.1, -0.05) is 25.1 Å². The maximum absolute atomic E-state index is 12.6. The molecule has 0 saturated carbocycles. The van der Waals surface area contributed by atoms with E-state index in [4.69, 9.17) is 10.5 Å². The Kier molecular flexibility index (Phi) is 6.08. The first-order chi connectivity index (χ1) is 13.1. The molecule has 1 fully saturated rings. The number of carbonyl (C=O) groups excluding carboxylic acids is 2. The quantitative estimate of drug-likeness (QED) is 0.788. The summed E-state index contributed by atoms with van der Waals surface area (Å²) in [7, 11) is 0. The monoisotopic (exact) mass is 367 g/mol. The van der Waals surface area contributed by atoms with Crippen LogP contribution in [0.15, 0.2) is 48.5 Å². The molecule has 142 valence electrons. The summed E-state index contributed by atoms with van der Waals surface area (Å²) in [5, 5.41) is 2.89. The number of hydrogen-bond acceptors (Lipinski definition) is 4. The number of aryl methyl sites for hydroxylation is 1. The minimum absolute atomic E-state index is 0.0124. The predicted octanol–water partition coefficient (Wildman–Crippen LogP) is 2.58. The Labute approximate surface area is 159 Å². The van der Waals surface area contributed by atoms with Crippen LogP contribution in [0.2, 0.25) is 0 Å². The Bertz CT molecular complexity index is 805. The zero-order valence-electron chi connectivity index (χ0n) is 15.5. The van der Waals surface area contributed by atoms with Gasteiger partial charge < -0.3 is 20.7 Å². The summed E-state index contributed by atoms with van der Waals surface area (Å²) in [6.07, 6.45) is 1.07. The first-order valence-electron chi connectivity index (χ1n) is 9.24. The molecule has 3 rings (SSSR count). The number of para-hydroxylation sites is 1. The van der Waals surface area contributed by atoms with E-state index in [1.165, 1.54) is 0 Å². The molecule has 0 aromatic heterocycles. The van der Waals surface area contributed by atoms with E-state index >= 15 is 0 Å². The minimum Gasteiger partial charge on any atom is -0.492 e. The molecule has 0 radical (unpaired) electrons. The van der Waals surface area contributed by atoms with Crippen LogP contribution in [-0.4, -0.2) is 31.5 Å². The van der Waals surface area contributed by atoms with Crippen LogP contribution in [0.5, 0.6) is 5.75 Å². The fourth-order valence-corrected chi connectivity index (χ4v) is 3.24. The van der Waals surface area contributed by atoms with Gasteiger partial charge in [-0.15, -0.1) is 0 Å². The molecule has 6 nitrogen and oxygen atoms in total. The molecule has 1 unspecified atom stereocenters. The molecule has 1 aliphatic heterocycles. The van der Waals surface area contributed by atoms with Crippen molar-refractivity contribution in [2.24, 2.45) is 11.7 Å². The number of anilines is 2. The Morgan fingerprint density at radius 3 is 2.67 bits per heavy atom. The Balaban J connectivity index is 1.64. The van der Waals surface area contributed by atoms with Crippen LogP contribution < -0.4 is 20.7 Å². The van der Waals surface area contributed by atoms with Crippen LogP contribution in [0.1, 0.15) is 18.9 Å². The number of nitrogens with one attached hydrogen (secondary N) is 1. The van der Waals surface area contributed by atoms with Crippen LogP contribution in [-0.2, 0) is 16.0 Å². The minimum atomic E-state index is -0.365. The van der Waals surface area contributed by atoms with E-state index in [1.807, 2.05) is 24.3 Å². The van der Waals surface area contributed by atoms with E-state index in [0.29, 0.717) is 31.1 Å². The molecule has 27 heavy (non-hydrogen) atoms. The highest BCUT2D eigenvalue weighted by atomic mass is 16.5. The molecule has 1 aliphatic rings. The zero-order chi connectivity index (χ0) is 19.2. The van der Waals surface area contributed by atoms with Gasteiger partial charge in [-0.3, -0.25) is 9.59 Å². The van der Waals surface area contributed by atoms with Gasteiger partial charge in [-0.05, 0) is 42.3 Å². The molecule has 0 spiro atoms. The smallest absolute Gasteiger partial charge is 0.229 e. The zero-order valence-corrected chi connectivity index (χ0v) is 15.5. The van der Waals surface area contributed by atoms with Crippen molar-refractivity contribution in [2.75, 3.05) is 29.9 Å². The second-order valence-electron chi connectivity index (χ2n) is 6.54. The van der Waals surface area contributed by atoms with Crippen molar-refractivity contribution in [1.82, 2.24) is 0 Å². The summed E-state index contributed by atoms with van der Waals surface area (Å²) in [4.78, 5) is 26.8. The molecule has 1 saturated heterocycles. The summed E-state index contributed by atoms with van der Waals surface area (Å²) >= 11 is 0. The molecular formula is C21H25N3O3. The van der Waals surface area contributed by atoms with Gasteiger partial charge in [0.2, 0.25) is 11.8 Å². The van der Waals surface area contributed by atoms with Crippen molar-refractivity contribution in [3.8, 4) is 5.75 Å². The average Bonchev–Trinajstić information content (AvgIpc) is 3.09. The molecule has 3 N–H and O–H groups in total. The van der Waals surface area contributed by atoms with Gasteiger partial charge in [0.15, 0.2) is 0 Å². The third-order valence-corrected chi connectivity index (χ3v) is 4.67. The fraction of sp³-hybridized carbons (Fsp3) is 0.333. The van der Waals surface area contributed by atoms with Crippen LogP contribution in [0.4, 0.5) is 11.4 Å². The number of amides is 2. The first kappa shape index (κ1) is 18.9. The lowest BCUT2D eigenvalue weighted by atomic mass is 10.1. The molecule has 0 aliphatic carbocycles. The number of carbonyl (C=O) groups is 2. The van der Waals surface area contributed by atoms with Crippen molar-refractivity contribution in [3.05, 3.63) is 54.1 Å². The van der Waals surface area contributed by atoms with E-state index < -0.39 is 0 Å². The highest BCUT2D eigenvalue weighted by molar-refractivity contribution is 6.03. The maximum Gasteiger partial charge on any atom is 0.229 e. The number of nitrogens with two attached hydrogens (primary N) is 1. The summed E-state index contributed by atoms with van der Waals surface area (Å²) in [5.74, 6) is 0.185. The summed E-state index contributed by atoms with van der Waals surface area (Å²) in [6.45, 7) is 3.36. The van der Waals surface area contributed by atoms with Crippen LogP contribution in [0.25, 0.3) is 0 Å². The average molecular weight is 367 g/mol. The van der Waals surface area contributed by atoms with E-state index in [-0.39, 0.29) is 24.2 Å². The number of ether oxygens (including phenoxy) is 1. The number of rotatable bonds is 7. The molecule has 0 bridgehead atoms. The van der Waals surface area contributed by atoms with Gasteiger partial charge in [-0.25, -0.2) is 0 Å².